The quantitative estimate of drug-likeness (QED) is 0.599. The van der Waals surface area contributed by atoms with Crippen molar-refractivity contribution in [2.75, 3.05) is 0 Å². The lowest BCUT2D eigenvalue weighted by molar-refractivity contribution is 0.717. The molecule has 0 atom stereocenters. The van der Waals surface area contributed by atoms with E-state index in [9.17, 15) is 0 Å². The molecule has 0 amide bonds. The van der Waals surface area contributed by atoms with E-state index in [1.807, 2.05) is 0 Å². The van der Waals surface area contributed by atoms with E-state index in [0.29, 0.717) is 0 Å². The van der Waals surface area contributed by atoms with E-state index >= 15 is 0 Å². The minimum Gasteiger partial charge on any atom is -0.0871 e. The highest BCUT2D eigenvalue weighted by Gasteiger charge is 1.92. The van der Waals surface area contributed by atoms with Gasteiger partial charge in [-0.05, 0) is 30.9 Å². The molecule has 0 N–H and O–H groups in total. The van der Waals surface area contributed by atoms with E-state index in [0.717, 1.165) is 0 Å². The van der Waals surface area contributed by atoms with Gasteiger partial charge in [0, 0.05) is 0 Å². The fourth-order valence-corrected chi connectivity index (χ4v) is 1.57. The van der Waals surface area contributed by atoms with Crippen LogP contribution in [0.15, 0.2) is 30.3 Å². The summed E-state index contributed by atoms with van der Waals surface area (Å²) in [4.78, 5) is 0. The highest BCUT2D eigenvalue weighted by Crippen LogP contribution is 2.09. The Bertz CT molecular complexity index is 267. The zero-order valence-corrected chi connectivity index (χ0v) is 9.29. The molecule has 1 aromatic rings. The van der Waals surface area contributed by atoms with Crippen LogP contribution in [0.4, 0.5) is 0 Å². The largest absolute Gasteiger partial charge is 0.0871 e. The summed E-state index contributed by atoms with van der Waals surface area (Å²) in [7, 11) is 0. The van der Waals surface area contributed by atoms with E-state index in [-0.39, 0.29) is 0 Å². The van der Waals surface area contributed by atoms with E-state index in [1.54, 1.807) is 0 Å². The minimum atomic E-state index is 1.23. The van der Waals surface area contributed by atoms with E-state index in [2.05, 4.69) is 50.3 Å². The second kappa shape index (κ2) is 6.42. The minimum absolute atomic E-state index is 1.23. The van der Waals surface area contributed by atoms with Crippen molar-refractivity contribution < 1.29 is 0 Å². The summed E-state index contributed by atoms with van der Waals surface area (Å²) in [6.45, 7) is 4.30. The number of aryl methyl sites for hydroxylation is 1. The monoisotopic (exact) mass is 188 g/mol. The zero-order valence-electron chi connectivity index (χ0n) is 9.29. The van der Waals surface area contributed by atoms with Crippen molar-refractivity contribution in [1.29, 1.82) is 0 Å². The first-order valence-electron chi connectivity index (χ1n) is 5.58. The molecule has 1 rings (SSSR count). The summed E-state index contributed by atoms with van der Waals surface area (Å²) < 4.78 is 0. The highest BCUT2D eigenvalue weighted by molar-refractivity contribution is 5.49. The Morgan fingerprint density at radius 2 is 1.79 bits per heavy atom. The molecular weight excluding hydrogens is 168 g/mol. The SMILES string of the molecule is CC=Cc1ccc(CCCCC)cc1. The molecule has 0 aliphatic rings. The first-order chi connectivity index (χ1) is 6.86. The summed E-state index contributed by atoms with van der Waals surface area (Å²) in [6.07, 6.45) is 9.40. The van der Waals surface area contributed by atoms with Gasteiger partial charge in [0.2, 0.25) is 0 Å². The molecule has 0 aliphatic carbocycles. The van der Waals surface area contributed by atoms with Crippen LogP contribution in [0.25, 0.3) is 6.08 Å². The van der Waals surface area contributed by atoms with Gasteiger partial charge in [-0.1, -0.05) is 56.2 Å². The van der Waals surface area contributed by atoms with Crippen LogP contribution in [-0.4, -0.2) is 0 Å². The summed E-state index contributed by atoms with van der Waals surface area (Å²) in [5.74, 6) is 0. The number of benzene rings is 1. The Kier molecular flexibility index (Phi) is 5.06. The Balaban J connectivity index is 2.46. The molecule has 0 aliphatic heterocycles. The average molecular weight is 188 g/mol. The van der Waals surface area contributed by atoms with Gasteiger partial charge in [0.1, 0.15) is 0 Å². The molecule has 76 valence electrons. The van der Waals surface area contributed by atoms with E-state index in [4.69, 9.17) is 0 Å². The molecule has 1 aromatic carbocycles. The molecule has 14 heavy (non-hydrogen) atoms. The van der Waals surface area contributed by atoms with Crippen LogP contribution in [-0.2, 0) is 6.42 Å². The summed E-state index contributed by atoms with van der Waals surface area (Å²) in [6, 6.07) is 8.87. The summed E-state index contributed by atoms with van der Waals surface area (Å²) >= 11 is 0. The number of hydrogen-bond acceptors (Lipinski definition) is 0. The van der Waals surface area contributed by atoms with Gasteiger partial charge < -0.3 is 0 Å². The maximum atomic E-state index is 2.25. The molecule has 0 heteroatoms. The normalized spacial score (nSPS) is 11.0. The number of allylic oxidation sites excluding steroid dienone is 1. The first-order valence-corrected chi connectivity index (χ1v) is 5.58. The summed E-state index contributed by atoms with van der Waals surface area (Å²) in [5.41, 5.74) is 2.76. The number of hydrogen-bond donors (Lipinski definition) is 0. The molecule has 0 saturated heterocycles. The molecule has 0 saturated carbocycles. The maximum Gasteiger partial charge on any atom is -0.0260 e. The second-order valence-electron chi connectivity index (χ2n) is 3.70. The van der Waals surface area contributed by atoms with Gasteiger partial charge in [-0.2, -0.15) is 0 Å². The van der Waals surface area contributed by atoms with Crippen LogP contribution in [0.1, 0.15) is 44.2 Å². The predicted octanol–water partition coefficient (Wildman–Crippen LogP) is 4.45. The Morgan fingerprint density at radius 1 is 1.07 bits per heavy atom. The van der Waals surface area contributed by atoms with E-state index < -0.39 is 0 Å². The van der Waals surface area contributed by atoms with Gasteiger partial charge >= 0.3 is 0 Å². The molecule has 0 fully saturated rings. The smallest absolute Gasteiger partial charge is 0.0260 e. The molecule has 0 unspecified atom stereocenters. The van der Waals surface area contributed by atoms with Gasteiger partial charge in [0.25, 0.3) is 0 Å². The highest BCUT2D eigenvalue weighted by atomic mass is 14.0. The number of rotatable bonds is 5. The van der Waals surface area contributed by atoms with Crippen molar-refractivity contribution >= 4 is 6.08 Å². The first kappa shape index (κ1) is 11.0. The third kappa shape index (κ3) is 3.78. The molecule has 0 radical (unpaired) electrons. The van der Waals surface area contributed by atoms with Crippen molar-refractivity contribution in [3.05, 3.63) is 41.5 Å². The predicted molar refractivity (Wildman–Crippen MR) is 64.4 cm³/mol. The lowest BCUT2D eigenvalue weighted by Crippen LogP contribution is -1.85. The Labute approximate surface area is 87.7 Å². The van der Waals surface area contributed by atoms with Gasteiger partial charge in [-0.25, -0.2) is 0 Å². The van der Waals surface area contributed by atoms with Gasteiger partial charge in [-0.3, -0.25) is 0 Å². The maximum absolute atomic E-state index is 2.25. The van der Waals surface area contributed by atoms with Gasteiger partial charge in [-0.15, -0.1) is 0 Å². The zero-order chi connectivity index (χ0) is 10.2. The van der Waals surface area contributed by atoms with Crippen LogP contribution in [0, 0.1) is 0 Å². The molecule has 0 heterocycles. The molecule has 0 bridgehead atoms. The van der Waals surface area contributed by atoms with Crippen molar-refractivity contribution in [2.45, 2.75) is 39.5 Å². The topological polar surface area (TPSA) is 0 Å². The lowest BCUT2D eigenvalue weighted by atomic mass is 10.1. The molecule has 0 spiro atoms. The third-order valence-electron chi connectivity index (χ3n) is 2.41. The molecule has 0 nitrogen and oxygen atoms in total. The third-order valence-corrected chi connectivity index (χ3v) is 2.41. The molecule has 0 aromatic heterocycles. The van der Waals surface area contributed by atoms with Crippen LogP contribution in [0.2, 0.25) is 0 Å². The van der Waals surface area contributed by atoms with Crippen LogP contribution in [0.3, 0.4) is 0 Å². The fourth-order valence-electron chi connectivity index (χ4n) is 1.57. The van der Waals surface area contributed by atoms with Crippen LogP contribution < -0.4 is 0 Å². The molecular formula is C14H20. The lowest BCUT2D eigenvalue weighted by Gasteiger charge is -2.00. The van der Waals surface area contributed by atoms with Crippen molar-refractivity contribution in [3.63, 3.8) is 0 Å². The Hall–Kier alpha value is -1.04. The van der Waals surface area contributed by atoms with Gasteiger partial charge in [0.15, 0.2) is 0 Å². The van der Waals surface area contributed by atoms with Crippen LogP contribution >= 0.6 is 0 Å². The fraction of sp³-hybridized carbons (Fsp3) is 0.429. The standard InChI is InChI=1S/C14H20/c1-3-5-6-8-14-11-9-13(7-4-2)10-12-14/h4,7,9-12H,3,5-6,8H2,1-2H3. The van der Waals surface area contributed by atoms with Crippen molar-refractivity contribution in [3.8, 4) is 0 Å². The van der Waals surface area contributed by atoms with Crippen molar-refractivity contribution in [1.82, 2.24) is 0 Å². The van der Waals surface area contributed by atoms with Crippen LogP contribution in [0.5, 0.6) is 0 Å². The second-order valence-corrected chi connectivity index (χ2v) is 3.70. The summed E-state index contributed by atoms with van der Waals surface area (Å²) in [5, 5.41) is 0. The van der Waals surface area contributed by atoms with E-state index in [1.165, 1.54) is 36.8 Å². The van der Waals surface area contributed by atoms with Crippen molar-refractivity contribution in [2.24, 2.45) is 0 Å². The number of unbranched alkanes of at least 4 members (excludes halogenated alkanes) is 2. The van der Waals surface area contributed by atoms with Gasteiger partial charge in [0.05, 0.1) is 0 Å². The Morgan fingerprint density at radius 3 is 2.36 bits per heavy atom. The average Bonchev–Trinajstić information content (AvgIpc) is 2.21.